The van der Waals surface area contributed by atoms with E-state index in [-0.39, 0.29) is 5.91 Å². The highest BCUT2D eigenvalue weighted by molar-refractivity contribution is 7.20. The van der Waals surface area contributed by atoms with E-state index in [1.165, 1.54) is 17.4 Å². The number of amides is 1. The lowest BCUT2D eigenvalue weighted by molar-refractivity contribution is -0.111. The van der Waals surface area contributed by atoms with Crippen molar-refractivity contribution in [3.05, 3.63) is 69.8 Å². The van der Waals surface area contributed by atoms with Crippen LogP contribution in [0.1, 0.15) is 11.3 Å². The van der Waals surface area contributed by atoms with Crippen LogP contribution in [0.15, 0.2) is 48.5 Å². The predicted molar refractivity (Wildman–Crippen MR) is 122 cm³/mol. The Labute approximate surface area is 186 Å². The van der Waals surface area contributed by atoms with E-state index in [4.69, 9.17) is 27.9 Å². The number of hydrogen-bond donors (Lipinski definition) is 1. The van der Waals surface area contributed by atoms with Gasteiger partial charge >= 0.3 is 0 Å². The Balaban J connectivity index is 1.59. The summed E-state index contributed by atoms with van der Waals surface area (Å²) in [4.78, 5) is 17.1. The lowest BCUT2D eigenvalue weighted by Crippen LogP contribution is -2.12. The number of nitrogens with zero attached hydrogens (tertiary/aromatic N) is 3. The van der Waals surface area contributed by atoms with Crippen LogP contribution in [0.25, 0.3) is 21.4 Å². The zero-order valence-corrected chi connectivity index (χ0v) is 18.3. The van der Waals surface area contributed by atoms with Gasteiger partial charge in [-0.05, 0) is 48.9 Å². The summed E-state index contributed by atoms with van der Waals surface area (Å²) in [5, 5.41) is 8.97. The van der Waals surface area contributed by atoms with Gasteiger partial charge in [-0.2, -0.15) is 9.78 Å². The van der Waals surface area contributed by atoms with Crippen LogP contribution in [0.2, 0.25) is 10.0 Å². The number of methoxy groups -OCH3 is 1. The molecule has 0 unspecified atom stereocenters. The molecule has 0 aliphatic rings. The number of anilines is 1. The second-order valence-corrected chi connectivity index (χ2v) is 8.25. The highest BCUT2D eigenvalue weighted by atomic mass is 35.5. The largest absolute Gasteiger partial charge is 0.497 e. The van der Waals surface area contributed by atoms with Crippen molar-refractivity contribution in [1.29, 1.82) is 0 Å². The standard InChI is InChI=1S/C21H16Cl2N4O2S/c1-12-9-19(25-20(28)8-4-13-3-5-14(22)10-16(13)23)27(26-12)21-24-17-7-6-15(29-2)11-18(17)30-21/h3-11H,1-2H3,(H,25,28)/b8-4+. The first-order chi connectivity index (χ1) is 14.4. The molecule has 2 aromatic carbocycles. The molecule has 152 valence electrons. The van der Waals surface area contributed by atoms with Gasteiger partial charge in [0.1, 0.15) is 11.6 Å². The fourth-order valence-electron chi connectivity index (χ4n) is 2.81. The van der Waals surface area contributed by atoms with Gasteiger partial charge in [-0.1, -0.05) is 40.6 Å². The van der Waals surface area contributed by atoms with E-state index >= 15 is 0 Å². The first-order valence-electron chi connectivity index (χ1n) is 8.88. The van der Waals surface area contributed by atoms with E-state index in [1.807, 2.05) is 25.1 Å². The highest BCUT2D eigenvalue weighted by Crippen LogP contribution is 2.30. The maximum absolute atomic E-state index is 12.5. The number of fused-ring (bicyclic) bond motifs is 1. The molecule has 0 aliphatic carbocycles. The molecule has 0 fully saturated rings. The summed E-state index contributed by atoms with van der Waals surface area (Å²) in [5.41, 5.74) is 2.28. The van der Waals surface area contributed by atoms with Gasteiger partial charge in [0.2, 0.25) is 11.0 Å². The van der Waals surface area contributed by atoms with Gasteiger partial charge in [0.15, 0.2) is 0 Å². The molecule has 0 bridgehead atoms. The van der Waals surface area contributed by atoms with Crippen molar-refractivity contribution in [3.8, 4) is 10.9 Å². The molecule has 0 radical (unpaired) electrons. The summed E-state index contributed by atoms with van der Waals surface area (Å²) in [5.74, 6) is 0.967. The zero-order chi connectivity index (χ0) is 21.3. The smallest absolute Gasteiger partial charge is 0.249 e. The van der Waals surface area contributed by atoms with Crippen LogP contribution in [-0.2, 0) is 4.79 Å². The Bertz CT molecular complexity index is 1280. The summed E-state index contributed by atoms with van der Waals surface area (Å²) in [6, 6.07) is 12.5. The number of hydrogen-bond acceptors (Lipinski definition) is 5. The minimum Gasteiger partial charge on any atom is -0.497 e. The summed E-state index contributed by atoms with van der Waals surface area (Å²) >= 11 is 13.5. The van der Waals surface area contributed by atoms with Crippen LogP contribution in [0.5, 0.6) is 5.75 Å². The third-order valence-corrected chi connectivity index (χ3v) is 5.78. The first-order valence-corrected chi connectivity index (χ1v) is 10.5. The van der Waals surface area contributed by atoms with E-state index in [0.717, 1.165) is 21.7 Å². The Morgan fingerprint density at radius 2 is 2.03 bits per heavy atom. The number of carbonyl (C=O) groups excluding carboxylic acids is 1. The number of aryl methyl sites for hydroxylation is 1. The van der Waals surface area contributed by atoms with Gasteiger partial charge < -0.3 is 10.1 Å². The molecule has 0 saturated heterocycles. The van der Waals surface area contributed by atoms with Gasteiger partial charge in [0.25, 0.3) is 0 Å². The van der Waals surface area contributed by atoms with E-state index in [2.05, 4.69) is 15.4 Å². The first kappa shape index (κ1) is 20.4. The van der Waals surface area contributed by atoms with Crippen molar-refractivity contribution in [2.45, 2.75) is 6.92 Å². The number of rotatable bonds is 5. The normalized spacial score (nSPS) is 11.3. The number of ether oxygens (including phenoxy) is 1. The summed E-state index contributed by atoms with van der Waals surface area (Å²) in [7, 11) is 1.62. The van der Waals surface area contributed by atoms with Crippen molar-refractivity contribution in [1.82, 2.24) is 14.8 Å². The molecule has 0 aliphatic heterocycles. The SMILES string of the molecule is COc1ccc2nc(-n3nc(C)cc3NC(=O)/C=C/c3ccc(Cl)cc3Cl)sc2c1. The molecule has 1 amide bonds. The molecule has 0 atom stereocenters. The number of aromatic nitrogens is 3. The number of benzene rings is 2. The van der Waals surface area contributed by atoms with Crippen LogP contribution in [0.4, 0.5) is 5.82 Å². The van der Waals surface area contributed by atoms with Gasteiger partial charge in [-0.15, -0.1) is 0 Å². The number of nitrogens with one attached hydrogen (secondary N) is 1. The molecular formula is C21H16Cl2N4O2S. The van der Waals surface area contributed by atoms with E-state index in [9.17, 15) is 4.79 Å². The second-order valence-electron chi connectivity index (χ2n) is 6.40. The fourth-order valence-corrected chi connectivity index (χ4v) is 4.25. The molecule has 0 spiro atoms. The molecule has 9 heteroatoms. The maximum Gasteiger partial charge on any atom is 0.249 e. The summed E-state index contributed by atoms with van der Waals surface area (Å²) < 4.78 is 7.85. The molecule has 4 rings (SSSR count). The van der Waals surface area contributed by atoms with Crippen molar-refractivity contribution >= 4 is 62.6 Å². The Hall–Kier alpha value is -2.87. The van der Waals surface area contributed by atoms with Gasteiger partial charge in [-0.25, -0.2) is 4.98 Å². The molecule has 4 aromatic rings. The molecule has 30 heavy (non-hydrogen) atoms. The second kappa shape index (κ2) is 8.47. The summed E-state index contributed by atoms with van der Waals surface area (Å²) in [6.45, 7) is 1.85. The Morgan fingerprint density at radius 3 is 2.80 bits per heavy atom. The minimum atomic E-state index is -0.315. The molecule has 6 nitrogen and oxygen atoms in total. The molecule has 0 saturated carbocycles. The van der Waals surface area contributed by atoms with Crippen molar-refractivity contribution in [2.24, 2.45) is 0 Å². The quantitative estimate of drug-likeness (QED) is 0.386. The minimum absolute atomic E-state index is 0.315. The average molecular weight is 459 g/mol. The Kier molecular flexibility index (Phi) is 5.76. The van der Waals surface area contributed by atoms with E-state index in [1.54, 1.807) is 42.1 Å². The molecular weight excluding hydrogens is 443 g/mol. The van der Waals surface area contributed by atoms with Crippen LogP contribution in [0, 0.1) is 6.92 Å². The number of thiazole rings is 1. The zero-order valence-electron chi connectivity index (χ0n) is 16.0. The highest BCUT2D eigenvalue weighted by Gasteiger charge is 2.14. The fraction of sp³-hybridized carbons (Fsp3) is 0.0952. The Morgan fingerprint density at radius 1 is 1.20 bits per heavy atom. The van der Waals surface area contributed by atoms with Crippen molar-refractivity contribution in [3.63, 3.8) is 0 Å². The van der Waals surface area contributed by atoms with Crippen LogP contribution in [0.3, 0.4) is 0 Å². The molecule has 1 N–H and O–H groups in total. The van der Waals surface area contributed by atoms with Crippen LogP contribution >= 0.6 is 34.5 Å². The lowest BCUT2D eigenvalue weighted by atomic mass is 10.2. The summed E-state index contributed by atoms with van der Waals surface area (Å²) in [6.07, 6.45) is 3.04. The van der Waals surface area contributed by atoms with Crippen LogP contribution < -0.4 is 10.1 Å². The third-order valence-electron chi connectivity index (χ3n) is 4.23. The monoisotopic (exact) mass is 458 g/mol. The van der Waals surface area contributed by atoms with Gasteiger partial charge in [0, 0.05) is 22.2 Å². The van der Waals surface area contributed by atoms with E-state index < -0.39 is 0 Å². The van der Waals surface area contributed by atoms with Gasteiger partial charge in [0.05, 0.1) is 23.0 Å². The van der Waals surface area contributed by atoms with E-state index in [0.29, 0.717) is 26.6 Å². The van der Waals surface area contributed by atoms with Crippen molar-refractivity contribution < 1.29 is 9.53 Å². The number of carbonyl (C=O) groups is 1. The van der Waals surface area contributed by atoms with Crippen molar-refractivity contribution in [2.75, 3.05) is 12.4 Å². The maximum atomic E-state index is 12.5. The molecule has 2 heterocycles. The third kappa shape index (κ3) is 4.33. The predicted octanol–water partition coefficient (Wildman–Crippen LogP) is 5.76. The average Bonchev–Trinajstić information content (AvgIpc) is 3.29. The molecule has 2 aromatic heterocycles. The van der Waals surface area contributed by atoms with Crippen LogP contribution in [-0.4, -0.2) is 27.8 Å². The topological polar surface area (TPSA) is 69.0 Å². The van der Waals surface area contributed by atoms with Gasteiger partial charge in [-0.3, -0.25) is 4.79 Å². The lowest BCUT2D eigenvalue weighted by Gasteiger charge is -2.04. The number of halogens is 2.